The van der Waals surface area contributed by atoms with E-state index in [4.69, 9.17) is 9.47 Å². The minimum Gasteiger partial charge on any atom is -0.496 e. The number of carboxylic acids is 1. The zero-order valence-electron chi connectivity index (χ0n) is 12.7. The predicted molar refractivity (Wildman–Crippen MR) is 79.9 cm³/mol. The summed E-state index contributed by atoms with van der Waals surface area (Å²) in [6.07, 6.45) is 2.51. The summed E-state index contributed by atoms with van der Waals surface area (Å²) >= 11 is 0. The SMILES string of the molecule is CCOC1CCCN(Cc2ccc(OC)c(C(=O)O)c2)C1. The molecule has 1 saturated heterocycles. The first-order chi connectivity index (χ1) is 10.1. The molecule has 1 aromatic rings. The van der Waals surface area contributed by atoms with Crippen LogP contribution in [0.1, 0.15) is 35.7 Å². The van der Waals surface area contributed by atoms with Gasteiger partial charge in [-0.3, -0.25) is 4.90 Å². The maximum atomic E-state index is 11.2. The van der Waals surface area contributed by atoms with Crippen molar-refractivity contribution in [3.63, 3.8) is 0 Å². The minimum absolute atomic E-state index is 0.216. The van der Waals surface area contributed by atoms with Crippen molar-refractivity contribution in [2.75, 3.05) is 26.8 Å². The van der Waals surface area contributed by atoms with Gasteiger partial charge in [-0.2, -0.15) is 0 Å². The zero-order valence-corrected chi connectivity index (χ0v) is 12.7. The molecule has 2 rings (SSSR count). The Labute approximate surface area is 125 Å². The summed E-state index contributed by atoms with van der Waals surface area (Å²) < 4.78 is 10.8. The zero-order chi connectivity index (χ0) is 15.2. The maximum absolute atomic E-state index is 11.2. The normalized spacial score (nSPS) is 19.4. The van der Waals surface area contributed by atoms with Crippen LogP contribution in [0, 0.1) is 0 Å². The topological polar surface area (TPSA) is 59.0 Å². The molecular weight excluding hydrogens is 270 g/mol. The van der Waals surface area contributed by atoms with E-state index in [0.717, 1.165) is 44.6 Å². The highest BCUT2D eigenvalue weighted by atomic mass is 16.5. The molecule has 1 unspecified atom stereocenters. The summed E-state index contributed by atoms with van der Waals surface area (Å²) in [5.74, 6) is -0.559. The fourth-order valence-electron chi connectivity index (χ4n) is 2.81. The summed E-state index contributed by atoms with van der Waals surface area (Å²) in [5, 5.41) is 9.23. The van der Waals surface area contributed by atoms with Crippen molar-refractivity contribution in [3.05, 3.63) is 29.3 Å². The van der Waals surface area contributed by atoms with Gasteiger partial charge < -0.3 is 14.6 Å². The molecule has 5 heteroatoms. The Morgan fingerprint density at radius 3 is 2.95 bits per heavy atom. The Hall–Kier alpha value is -1.59. The maximum Gasteiger partial charge on any atom is 0.339 e. The van der Waals surface area contributed by atoms with Crippen LogP contribution >= 0.6 is 0 Å². The Bertz CT molecular complexity index is 487. The van der Waals surface area contributed by atoms with Crippen LogP contribution in [-0.2, 0) is 11.3 Å². The van der Waals surface area contributed by atoms with Crippen molar-refractivity contribution in [2.45, 2.75) is 32.4 Å². The molecule has 0 amide bonds. The molecule has 5 nitrogen and oxygen atoms in total. The Kier molecular flexibility index (Phi) is 5.59. The molecule has 0 aromatic heterocycles. The molecule has 21 heavy (non-hydrogen) atoms. The van der Waals surface area contributed by atoms with Crippen molar-refractivity contribution in [1.29, 1.82) is 0 Å². The number of nitrogens with zero attached hydrogens (tertiary/aromatic N) is 1. The van der Waals surface area contributed by atoms with Crippen molar-refractivity contribution in [3.8, 4) is 5.75 Å². The molecule has 0 spiro atoms. The fraction of sp³-hybridized carbons (Fsp3) is 0.562. The second-order valence-corrected chi connectivity index (χ2v) is 5.29. The lowest BCUT2D eigenvalue weighted by atomic mass is 10.1. The van der Waals surface area contributed by atoms with E-state index < -0.39 is 5.97 Å². The molecule has 1 heterocycles. The quantitative estimate of drug-likeness (QED) is 0.872. The molecule has 1 atom stereocenters. The number of piperidine rings is 1. The third-order valence-electron chi connectivity index (χ3n) is 3.77. The highest BCUT2D eigenvalue weighted by molar-refractivity contribution is 5.91. The van der Waals surface area contributed by atoms with Crippen LogP contribution in [-0.4, -0.2) is 48.9 Å². The van der Waals surface area contributed by atoms with Gasteiger partial charge in [0.25, 0.3) is 0 Å². The Morgan fingerprint density at radius 2 is 2.29 bits per heavy atom. The molecule has 1 fully saturated rings. The number of hydrogen-bond acceptors (Lipinski definition) is 4. The molecule has 1 N–H and O–H groups in total. The first-order valence-electron chi connectivity index (χ1n) is 7.38. The second-order valence-electron chi connectivity index (χ2n) is 5.29. The van der Waals surface area contributed by atoms with E-state index in [-0.39, 0.29) is 5.56 Å². The number of rotatable bonds is 6. The third kappa shape index (κ3) is 4.19. The van der Waals surface area contributed by atoms with Crippen LogP contribution in [0.5, 0.6) is 5.75 Å². The lowest BCUT2D eigenvalue weighted by Gasteiger charge is -2.32. The molecule has 1 aliphatic rings. The van der Waals surface area contributed by atoms with Crippen molar-refractivity contribution >= 4 is 5.97 Å². The van der Waals surface area contributed by atoms with Gasteiger partial charge in [0.1, 0.15) is 11.3 Å². The van der Waals surface area contributed by atoms with E-state index in [2.05, 4.69) is 4.90 Å². The first kappa shape index (κ1) is 15.8. The highest BCUT2D eigenvalue weighted by Crippen LogP contribution is 2.22. The van der Waals surface area contributed by atoms with Crippen LogP contribution in [0.25, 0.3) is 0 Å². The number of benzene rings is 1. The number of carboxylic acid groups (broad SMARTS) is 1. The van der Waals surface area contributed by atoms with Gasteiger partial charge in [-0.05, 0) is 44.0 Å². The molecule has 0 aliphatic carbocycles. The van der Waals surface area contributed by atoms with Gasteiger partial charge in [-0.1, -0.05) is 6.07 Å². The van der Waals surface area contributed by atoms with Crippen LogP contribution in [0.4, 0.5) is 0 Å². The summed E-state index contributed by atoms with van der Waals surface area (Å²) in [7, 11) is 1.48. The molecule has 0 bridgehead atoms. The monoisotopic (exact) mass is 293 g/mol. The second kappa shape index (κ2) is 7.43. The van der Waals surface area contributed by atoms with Gasteiger partial charge in [0.2, 0.25) is 0 Å². The van der Waals surface area contributed by atoms with Crippen molar-refractivity contribution < 1.29 is 19.4 Å². The standard InChI is InChI=1S/C16H23NO4/c1-3-21-13-5-4-8-17(11-13)10-12-6-7-15(20-2)14(9-12)16(18)19/h6-7,9,13H,3-5,8,10-11H2,1-2H3,(H,18,19). The molecule has 1 aromatic carbocycles. The number of methoxy groups -OCH3 is 1. The number of ether oxygens (including phenoxy) is 2. The number of hydrogen-bond donors (Lipinski definition) is 1. The lowest BCUT2D eigenvalue weighted by molar-refractivity contribution is 0.00361. The predicted octanol–water partition coefficient (Wildman–Crippen LogP) is 2.39. The van der Waals surface area contributed by atoms with Gasteiger partial charge in [0.05, 0.1) is 13.2 Å². The average Bonchev–Trinajstić information content (AvgIpc) is 2.48. The highest BCUT2D eigenvalue weighted by Gasteiger charge is 2.20. The van der Waals surface area contributed by atoms with Crippen molar-refractivity contribution in [1.82, 2.24) is 4.90 Å². The van der Waals surface area contributed by atoms with Crippen LogP contribution < -0.4 is 4.74 Å². The first-order valence-corrected chi connectivity index (χ1v) is 7.38. The van der Waals surface area contributed by atoms with Crippen LogP contribution in [0.2, 0.25) is 0 Å². The molecule has 0 saturated carbocycles. The van der Waals surface area contributed by atoms with E-state index in [9.17, 15) is 9.90 Å². The van der Waals surface area contributed by atoms with Gasteiger partial charge in [-0.15, -0.1) is 0 Å². The van der Waals surface area contributed by atoms with Crippen molar-refractivity contribution in [2.24, 2.45) is 0 Å². The summed E-state index contributed by atoms with van der Waals surface area (Å²) in [4.78, 5) is 13.6. The third-order valence-corrected chi connectivity index (χ3v) is 3.77. The van der Waals surface area contributed by atoms with E-state index in [1.807, 2.05) is 13.0 Å². The van der Waals surface area contributed by atoms with Gasteiger partial charge in [-0.25, -0.2) is 4.79 Å². The number of carbonyl (C=O) groups is 1. The molecule has 116 valence electrons. The summed E-state index contributed by atoms with van der Waals surface area (Å²) in [6.45, 7) is 5.43. The van der Waals surface area contributed by atoms with Gasteiger partial charge >= 0.3 is 5.97 Å². The van der Waals surface area contributed by atoms with Gasteiger partial charge in [0.15, 0.2) is 0 Å². The van der Waals surface area contributed by atoms with Gasteiger partial charge in [0, 0.05) is 19.7 Å². The Balaban J connectivity index is 2.05. The number of likely N-dealkylation sites (tertiary alicyclic amines) is 1. The molecular formula is C16H23NO4. The molecule has 1 aliphatic heterocycles. The van der Waals surface area contributed by atoms with E-state index in [1.165, 1.54) is 7.11 Å². The summed E-state index contributed by atoms with van der Waals surface area (Å²) in [5.41, 5.74) is 1.21. The average molecular weight is 293 g/mol. The Morgan fingerprint density at radius 1 is 1.48 bits per heavy atom. The van der Waals surface area contributed by atoms with E-state index in [0.29, 0.717) is 11.9 Å². The largest absolute Gasteiger partial charge is 0.496 e. The smallest absolute Gasteiger partial charge is 0.339 e. The lowest BCUT2D eigenvalue weighted by Crippen LogP contribution is -2.39. The summed E-state index contributed by atoms with van der Waals surface area (Å²) in [6, 6.07) is 5.35. The fourth-order valence-corrected chi connectivity index (χ4v) is 2.81. The molecule has 0 radical (unpaired) electrons. The number of aromatic carboxylic acids is 1. The van der Waals surface area contributed by atoms with E-state index >= 15 is 0 Å². The van der Waals surface area contributed by atoms with Crippen LogP contribution in [0.3, 0.4) is 0 Å². The van der Waals surface area contributed by atoms with E-state index in [1.54, 1.807) is 12.1 Å². The minimum atomic E-state index is -0.959. The van der Waals surface area contributed by atoms with Crippen LogP contribution in [0.15, 0.2) is 18.2 Å².